The summed E-state index contributed by atoms with van der Waals surface area (Å²) in [6, 6.07) is 10.0. The third-order valence-corrected chi connectivity index (χ3v) is 5.99. The number of carboxylic acid groups (broad SMARTS) is 1. The summed E-state index contributed by atoms with van der Waals surface area (Å²) in [4.78, 5) is 25.0. The van der Waals surface area contributed by atoms with Gasteiger partial charge in [-0.15, -0.1) is 0 Å². The van der Waals surface area contributed by atoms with E-state index in [4.69, 9.17) is 20.8 Å². The summed E-state index contributed by atoms with van der Waals surface area (Å²) in [6.45, 7) is -0.690. The lowest BCUT2D eigenvalue weighted by molar-refractivity contribution is -0.142. The fraction of sp³-hybridized carbons (Fsp3) is 0.273. The second-order valence-electron chi connectivity index (χ2n) is 7.46. The van der Waals surface area contributed by atoms with Crippen molar-refractivity contribution in [3.05, 3.63) is 62.2 Å². The van der Waals surface area contributed by atoms with Gasteiger partial charge < -0.3 is 14.3 Å². The van der Waals surface area contributed by atoms with E-state index in [0.717, 1.165) is 0 Å². The molecule has 0 saturated carbocycles. The van der Waals surface area contributed by atoms with Gasteiger partial charge in [-0.3, -0.25) is 14.5 Å². The lowest BCUT2D eigenvalue weighted by Gasteiger charge is -2.21. The quantitative estimate of drug-likeness (QED) is 0.482. The van der Waals surface area contributed by atoms with Crippen molar-refractivity contribution in [2.45, 2.75) is 18.4 Å². The number of benzene rings is 2. The lowest BCUT2D eigenvalue weighted by Crippen LogP contribution is -2.38. The molecule has 0 spiro atoms. The maximum absolute atomic E-state index is 13.7. The standard InChI is InChI=1S/C22H17BrClF2NO5/c23-12-4-5-14(19-9-17(28)13-2-1-3-15(24)20(13)32-19)18(8-12)31-7-6-27-11-22(25,26)10-16(27)21(29)30/h1-5,8-9,16H,6-7,10-11H2,(H,29,30). The Bertz CT molecular complexity index is 1250. The minimum Gasteiger partial charge on any atom is -0.491 e. The van der Waals surface area contributed by atoms with Crippen LogP contribution in [0, 0.1) is 0 Å². The van der Waals surface area contributed by atoms with Crippen LogP contribution < -0.4 is 10.2 Å². The summed E-state index contributed by atoms with van der Waals surface area (Å²) in [5.41, 5.74) is 0.434. The van der Waals surface area contributed by atoms with Gasteiger partial charge in [0.05, 0.1) is 22.5 Å². The highest BCUT2D eigenvalue weighted by Gasteiger charge is 2.47. The number of nitrogens with zero attached hydrogens (tertiary/aromatic N) is 1. The molecule has 1 saturated heterocycles. The summed E-state index contributed by atoms with van der Waals surface area (Å²) in [7, 11) is 0. The molecule has 10 heteroatoms. The molecule has 1 fully saturated rings. The predicted octanol–water partition coefficient (Wildman–Crippen LogP) is 5.05. The molecule has 32 heavy (non-hydrogen) atoms. The molecule has 6 nitrogen and oxygen atoms in total. The van der Waals surface area contributed by atoms with Crippen molar-refractivity contribution in [2.24, 2.45) is 0 Å². The fourth-order valence-electron chi connectivity index (χ4n) is 3.73. The first-order chi connectivity index (χ1) is 15.1. The Kier molecular flexibility index (Phi) is 6.24. The van der Waals surface area contributed by atoms with Gasteiger partial charge in [0.25, 0.3) is 5.92 Å². The largest absolute Gasteiger partial charge is 0.491 e. The Morgan fingerprint density at radius 1 is 1.31 bits per heavy atom. The summed E-state index contributed by atoms with van der Waals surface area (Å²) in [5.74, 6) is -3.78. The third kappa shape index (κ3) is 4.65. The van der Waals surface area contributed by atoms with Crippen LogP contribution in [0.3, 0.4) is 0 Å². The van der Waals surface area contributed by atoms with E-state index >= 15 is 0 Å². The molecule has 0 radical (unpaired) electrons. The minimum atomic E-state index is -3.06. The number of aliphatic carboxylic acids is 1. The average Bonchev–Trinajstić information content (AvgIpc) is 3.03. The van der Waals surface area contributed by atoms with Crippen LogP contribution in [-0.4, -0.2) is 47.6 Å². The predicted molar refractivity (Wildman–Crippen MR) is 119 cm³/mol. The molecular formula is C22H17BrClF2NO5. The van der Waals surface area contributed by atoms with E-state index in [1.165, 1.54) is 11.0 Å². The van der Waals surface area contributed by atoms with Gasteiger partial charge in [0.15, 0.2) is 11.0 Å². The molecule has 1 aromatic heterocycles. The zero-order valence-electron chi connectivity index (χ0n) is 16.5. The number of rotatable bonds is 6. The Morgan fingerprint density at radius 3 is 2.84 bits per heavy atom. The van der Waals surface area contributed by atoms with Crippen molar-refractivity contribution in [1.29, 1.82) is 0 Å². The van der Waals surface area contributed by atoms with Crippen LogP contribution in [-0.2, 0) is 4.79 Å². The number of alkyl halides is 2. The maximum Gasteiger partial charge on any atom is 0.321 e. The van der Waals surface area contributed by atoms with Crippen LogP contribution in [0.5, 0.6) is 5.75 Å². The van der Waals surface area contributed by atoms with Gasteiger partial charge in [0, 0.05) is 23.5 Å². The number of para-hydroxylation sites is 1. The van der Waals surface area contributed by atoms with Crippen molar-refractivity contribution < 1.29 is 27.8 Å². The fourth-order valence-corrected chi connectivity index (χ4v) is 4.28. The first-order valence-electron chi connectivity index (χ1n) is 9.64. The first-order valence-corrected chi connectivity index (χ1v) is 10.8. The highest BCUT2D eigenvalue weighted by atomic mass is 79.9. The number of hydrogen-bond acceptors (Lipinski definition) is 5. The van der Waals surface area contributed by atoms with Gasteiger partial charge in [0.2, 0.25) is 0 Å². The summed E-state index contributed by atoms with van der Waals surface area (Å²) >= 11 is 9.54. The highest BCUT2D eigenvalue weighted by molar-refractivity contribution is 9.10. The molecule has 1 aliphatic heterocycles. The monoisotopic (exact) mass is 527 g/mol. The molecule has 0 bridgehead atoms. The summed E-state index contributed by atoms with van der Waals surface area (Å²) in [5, 5.41) is 9.85. The van der Waals surface area contributed by atoms with E-state index in [9.17, 15) is 23.5 Å². The Labute approximate surface area is 194 Å². The van der Waals surface area contributed by atoms with Crippen LogP contribution >= 0.6 is 27.5 Å². The average molecular weight is 529 g/mol. The first kappa shape index (κ1) is 22.7. The Morgan fingerprint density at radius 2 is 2.09 bits per heavy atom. The van der Waals surface area contributed by atoms with Crippen molar-refractivity contribution in [3.63, 3.8) is 0 Å². The van der Waals surface area contributed by atoms with Gasteiger partial charge in [-0.25, -0.2) is 8.78 Å². The smallest absolute Gasteiger partial charge is 0.321 e. The molecule has 1 atom stereocenters. The number of hydrogen-bond donors (Lipinski definition) is 1. The Hall–Kier alpha value is -2.49. The number of ether oxygens (including phenoxy) is 1. The molecule has 1 unspecified atom stereocenters. The van der Waals surface area contributed by atoms with Crippen LogP contribution in [0.1, 0.15) is 6.42 Å². The molecular weight excluding hydrogens is 512 g/mol. The lowest BCUT2D eigenvalue weighted by atomic mass is 10.1. The maximum atomic E-state index is 13.7. The van der Waals surface area contributed by atoms with Gasteiger partial charge in [-0.05, 0) is 30.3 Å². The van der Waals surface area contributed by atoms with Gasteiger partial charge in [-0.2, -0.15) is 0 Å². The number of carboxylic acids is 1. The number of carbonyl (C=O) groups is 1. The third-order valence-electron chi connectivity index (χ3n) is 5.20. The van der Waals surface area contributed by atoms with E-state index in [2.05, 4.69) is 15.9 Å². The highest BCUT2D eigenvalue weighted by Crippen LogP contribution is 2.35. The van der Waals surface area contributed by atoms with E-state index in [1.54, 1.807) is 36.4 Å². The molecule has 1 aliphatic rings. The van der Waals surface area contributed by atoms with Crippen molar-refractivity contribution in [1.82, 2.24) is 4.90 Å². The van der Waals surface area contributed by atoms with Gasteiger partial charge in [0.1, 0.15) is 24.2 Å². The van der Waals surface area contributed by atoms with E-state index < -0.39 is 30.9 Å². The number of likely N-dealkylation sites (tertiary alicyclic amines) is 1. The molecule has 2 heterocycles. The van der Waals surface area contributed by atoms with E-state index in [-0.39, 0.29) is 34.9 Å². The molecule has 3 aromatic rings. The van der Waals surface area contributed by atoms with Crippen LogP contribution in [0.4, 0.5) is 8.78 Å². The van der Waals surface area contributed by atoms with Gasteiger partial charge in [-0.1, -0.05) is 33.6 Å². The van der Waals surface area contributed by atoms with Crippen molar-refractivity contribution >= 4 is 44.5 Å². The molecule has 4 rings (SSSR count). The topological polar surface area (TPSA) is 80.0 Å². The summed E-state index contributed by atoms with van der Waals surface area (Å²) < 4.78 is 39.8. The summed E-state index contributed by atoms with van der Waals surface area (Å²) in [6.07, 6.45) is -0.729. The van der Waals surface area contributed by atoms with E-state index in [1.807, 2.05) is 0 Å². The van der Waals surface area contributed by atoms with Crippen molar-refractivity contribution in [3.8, 4) is 17.1 Å². The number of halogens is 4. The number of fused-ring (bicyclic) bond motifs is 1. The molecule has 1 N–H and O–H groups in total. The second kappa shape index (κ2) is 8.80. The second-order valence-corrected chi connectivity index (χ2v) is 8.79. The Balaban J connectivity index is 1.60. The molecule has 0 aliphatic carbocycles. The van der Waals surface area contributed by atoms with Crippen LogP contribution in [0.2, 0.25) is 5.02 Å². The zero-order chi connectivity index (χ0) is 23.0. The van der Waals surface area contributed by atoms with Crippen LogP contribution in [0.25, 0.3) is 22.3 Å². The zero-order valence-corrected chi connectivity index (χ0v) is 18.8. The van der Waals surface area contributed by atoms with Gasteiger partial charge >= 0.3 is 5.97 Å². The minimum absolute atomic E-state index is 0.00793. The normalized spacial score (nSPS) is 18.2. The van der Waals surface area contributed by atoms with Crippen molar-refractivity contribution in [2.75, 3.05) is 19.7 Å². The molecule has 168 valence electrons. The van der Waals surface area contributed by atoms with Crippen LogP contribution in [0.15, 0.2) is 56.1 Å². The van der Waals surface area contributed by atoms with E-state index in [0.29, 0.717) is 21.2 Å². The molecule has 0 amide bonds. The molecule has 2 aromatic carbocycles. The SMILES string of the molecule is O=C(O)C1CC(F)(F)CN1CCOc1cc(Br)ccc1-c1cc(=O)c2cccc(Cl)c2o1.